The highest BCUT2D eigenvalue weighted by atomic mass is 32.2. The smallest absolute Gasteiger partial charge is 0.302 e. The summed E-state index contributed by atoms with van der Waals surface area (Å²) in [5.41, 5.74) is 2.33. The number of fused-ring (bicyclic) bond motifs is 3. The Morgan fingerprint density at radius 2 is 2.16 bits per heavy atom. The predicted octanol–water partition coefficient (Wildman–Crippen LogP) is 2.18. The van der Waals surface area contributed by atoms with Crippen LogP contribution in [-0.2, 0) is 43.2 Å². The Morgan fingerprint density at radius 3 is 2.84 bits per heavy atom. The molecule has 136 valence electrons. The van der Waals surface area contributed by atoms with Crippen LogP contribution in [0.3, 0.4) is 0 Å². The van der Waals surface area contributed by atoms with Crippen LogP contribution in [0.25, 0.3) is 10.9 Å². The van der Waals surface area contributed by atoms with Gasteiger partial charge in [0.2, 0.25) is 0 Å². The highest BCUT2D eigenvalue weighted by Crippen LogP contribution is 2.33. The van der Waals surface area contributed by atoms with E-state index in [9.17, 15) is 17.6 Å². The van der Waals surface area contributed by atoms with Crippen LogP contribution in [0.1, 0.15) is 24.6 Å². The first-order valence-electron chi connectivity index (χ1n) is 8.06. The van der Waals surface area contributed by atoms with Crippen LogP contribution in [0.5, 0.6) is 0 Å². The summed E-state index contributed by atoms with van der Waals surface area (Å²) in [6.07, 6.45) is 2.09. The Bertz CT molecular complexity index is 919. The maximum atomic E-state index is 14.4. The van der Waals surface area contributed by atoms with Crippen LogP contribution in [0.2, 0.25) is 0 Å². The van der Waals surface area contributed by atoms with Gasteiger partial charge in [-0.3, -0.25) is 8.98 Å². The summed E-state index contributed by atoms with van der Waals surface area (Å²) in [6.45, 7) is 1.84. The molecule has 0 spiro atoms. The maximum Gasteiger partial charge on any atom is 0.302 e. The van der Waals surface area contributed by atoms with Gasteiger partial charge >= 0.3 is 5.97 Å². The van der Waals surface area contributed by atoms with Gasteiger partial charge in [-0.25, -0.2) is 4.39 Å². The fraction of sp³-hybridized carbons (Fsp3) is 0.471. The monoisotopic (exact) mass is 369 g/mol. The lowest BCUT2D eigenvalue weighted by Gasteiger charge is -2.25. The molecule has 1 atom stereocenters. The first-order valence-corrected chi connectivity index (χ1v) is 9.88. The lowest BCUT2D eigenvalue weighted by molar-refractivity contribution is -0.140. The van der Waals surface area contributed by atoms with Crippen LogP contribution < -0.4 is 0 Å². The standard InChI is InChI=1S/C17H20FNO5S/c1-11(20)23-9-8-13-14-4-3-5-15(18)17(14)19-10-12(6-7-16(13)19)24-25(2,21)22/h3-5,12H,6-10H2,1-2H3/t12-/m0/s1. The quantitative estimate of drug-likeness (QED) is 0.597. The fourth-order valence-electron chi connectivity index (χ4n) is 3.47. The first-order chi connectivity index (χ1) is 11.8. The molecule has 1 aliphatic rings. The van der Waals surface area contributed by atoms with E-state index in [2.05, 4.69) is 0 Å². The molecule has 0 N–H and O–H groups in total. The van der Waals surface area contributed by atoms with Crippen LogP contribution >= 0.6 is 0 Å². The third-order valence-electron chi connectivity index (χ3n) is 4.31. The number of nitrogens with zero attached hydrogens (tertiary/aromatic N) is 1. The number of carbonyl (C=O) groups excluding carboxylic acids is 1. The third kappa shape index (κ3) is 3.85. The highest BCUT2D eigenvalue weighted by Gasteiger charge is 2.28. The number of aromatic nitrogens is 1. The van der Waals surface area contributed by atoms with E-state index in [1.54, 1.807) is 10.6 Å². The van der Waals surface area contributed by atoms with Gasteiger partial charge in [-0.05, 0) is 24.5 Å². The summed E-state index contributed by atoms with van der Waals surface area (Å²) < 4.78 is 49.2. The third-order valence-corrected chi connectivity index (χ3v) is 4.94. The molecule has 2 aromatic rings. The number of hydrogen-bond acceptors (Lipinski definition) is 5. The van der Waals surface area contributed by atoms with E-state index in [0.29, 0.717) is 24.8 Å². The van der Waals surface area contributed by atoms with Crippen molar-refractivity contribution in [1.82, 2.24) is 4.57 Å². The minimum Gasteiger partial charge on any atom is -0.466 e. The average Bonchev–Trinajstić information content (AvgIpc) is 2.80. The van der Waals surface area contributed by atoms with Crippen molar-refractivity contribution in [3.63, 3.8) is 0 Å². The van der Waals surface area contributed by atoms with Gasteiger partial charge in [-0.2, -0.15) is 8.42 Å². The van der Waals surface area contributed by atoms with Crippen LogP contribution in [0.4, 0.5) is 4.39 Å². The second-order valence-electron chi connectivity index (χ2n) is 6.22. The average molecular weight is 369 g/mol. The minimum absolute atomic E-state index is 0.223. The number of rotatable bonds is 5. The Balaban J connectivity index is 1.99. The van der Waals surface area contributed by atoms with Gasteiger partial charge in [0.15, 0.2) is 0 Å². The molecule has 2 heterocycles. The van der Waals surface area contributed by atoms with Gasteiger partial charge in [0.25, 0.3) is 10.1 Å². The molecule has 25 heavy (non-hydrogen) atoms. The summed E-state index contributed by atoms with van der Waals surface area (Å²) in [4.78, 5) is 11.0. The molecule has 0 amide bonds. The molecule has 0 fully saturated rings. The van der Waals surface area contributed by atoms with Gasteiger partial charge < -0.3 is 9.30 Å². The molecule has 0 unspecified atom stereocenters. The second kappa shape index (κ2) is 6.76. The van der Waals surface area contributed by atoms with Crippen molar-refractivity contribution < 1.29 is 26.5 Å². The summed E-state index contributed by atoms with van der Waals surface area (Å²) in [6, 6.07) is 4.86. The Morgan fingerprint density at radius 1 is 1.40 bits per heavy atom. The molecule has 0 saturated heterocycles. The number of hydrogen-bond donors (Lipinski definition) is 0. The summed E-state index contributed by atoms with van der Waals surface area (Å²) in [7, 11) is -3.57. The lowest BCUT2D eigenvalue weighted by Crippen LogP contribution is -2.29. The number of ether oxygens (including phenoxy) is 1. The van der Waals surface area contributed by atoms with E-state index in [1.165, 1.54) is 13.0 Å². The summed E-state index contributed by atoms with van der Waals surface area (Å²) >= 11 is 0. The van der Waals surface area contributed by atoms with Gasteiger partial charge in [0.1, 0.15) is 5.82 Å². The van der Waals surface area contributed by atoms with Crippen molar-refractivity contribution in [2.45, 2.75) is 38.8 Å². The van der Waals surface area contributed by atoms with E-state index in [0.717, 1.165) is 22.9 Å². The molecule has 3 rings (SSSR count). The molecule has 1 aromatic heterocycles. The van der Waals surface area contributed by atoms with Crippen LogP contribution in [0, 0.1) is 5.82 Å². The van der Waals surface area contributed by atoms with Crippen molar-refractivity contribution in [2.75, 3.05) is 12.9 Å². The largest absolute Gasteiger partial charge is 0.466 e. The SMILES string of the molecule is CC(=O)OCCc1c2n(c3c(F)cccc13)C[C@@H](OS(C)(=O)=O)CC2. The molecule has 0 saturated carbocycles. The van der Waals surface area contributed by atoms with E-state index in [-0.39, 0.29) is 24.9 Å². The van der Waals surface area contributed by atoms with Crippen LogP contribution in [0.15, 0.2) is 18.2 Å². The van der Waals surface area contributed by atoms with Crippen molar-refractivity contribution in [3.8, 4) is 0 Å². The van der Waals surface area contributed by atoms with Gasteiger partial charge in [0, 0.05) is 24.4 Å². The van der Waals surface area contributed by atoms with Gasteiger partial charge in [0.05, 0.1) is 31.0 Å². The lowest BCUT2D eigenvalue weighted by atomic mass is 10.0. The van der Waals surface area contributed by atoms with Crippen molar-refractivity contribution >= 4 is 27.0 Å². The summed E-state index contributed by atoms with van der Waals surface area (Å²) in [5, 5.41) is 0.766. The first kappa shape index (κ1) is 17.9. The molecule has 1 aliphatic heterocycles. The molecule has 6 nitrogen and oxygen atoms in total. The Hall–Kier alpha value is -1.93. The number of halogens is 1. The maximum absolute atomic E-state index is 14.4. The van der Waals surface area contributed by atoms with Gasteiger partial charge in [-0.15, -0.1) is 0 Å². The topological polar surface area (TPSA) is 74.6 Å². The molecule has 1 aromatic carbocycles. The van der Waals surface area contributed by atoms with Crippen molar-refractivity contribution in [2.24, 2.45) is 0 Å². The molecule has 0 radical (unpaired) electrons. The van der Waals surface area contributed by atoms with Gasteiger partial charge in [-0.1, -0.05) is 12.1 Å². The fourth-order valence-corrected chi connectivity index (χ4v) is 4.12. The van der Waals surface area contributed by atoms with E-state index in [4.69, 9.17) is 8.92 Å². The molecule has 0 aliphatic carbocycles. The minimum atomic E-state index is -3.57. The molecular formula is C17H20FNO5S. The predicted molar refractivity (Wildman–Crippen MR) is 90.3 cm³/mol. The normalized spacial score (nSPS) is 17.5. The second-order valence-corrected chi connectivity index (χ2v) is 7.82. The summed E-state index contributed by atoms with van der Waals surface area (Å²) in [5.74, 6) is -0.720. The number of para-hydroxylation sites is 1. The number of esters is 1. The Labute approximate surface area is 145 Å². The number of benzene rings is 1. The van der Waals surface area contributed by atoms with Crippen molar-refractivity contribution in [3.05, 3.63) is 35.3 Å². The van der Waals surface area contributed by atoms with Crippen molar-refractivity contribution in [1.29, 1.82) is 0 Å². The Kier molecular flexibility index (Phi) is 4.83. The molecule has 0 bridgehead atoms. The van der Waals surface area contributed by atoms with E-state index < -0.39 is 16.2 Å². The molecule has 8 heteroatoms. The van der Waals surface area contributed by atoms with E-state index in [1.807, 2.05) is 6.07 Å². The molecular weight excluding hydrogens is 349 g/mol. The zero-order chi connectivity index (χ0) is 18.2. The zero-order valence-electron chi connectivity index (χ0n) is 14.1. The zero-order valence-corrected chi connectivity index (χ0v) is 14.9. The highest BCUT2D eigenvalue weighted by molar-refractivity contribution is 7.86. The van der Waals surface area contributed by atoms with Crippen LogP contribution in [-0.4, -0.2) is 37.9 Å². The van der Waals surface area contributed by atoms with E-state index >= 15 is 0 Å². The number of carbonyl (C=O) groups is 1.